The fourth-order valence-electron chi connectivity index (χ4n) is 1.83. The Balaban J connectivity index is 2.19. The summed E-state index contributed by atoms with van der Waals surface area (Å²) in [7, 11) is 0. The third kappa shape index (κ3) is 2.87. The summed E-state index contributed by atoms with van der Waals surface area (Å²) in [5, 5.41) is 14.5. The molecule has 1 aromatic carbocycles. The van der Waals surface area contributed by atoms with Gasteiger partial charge in [-0.1, -0.05) is 17.3 Å². The third-order valence-corrected chi connectivity index (χ3v) is 2.59. The number of ether oxygens (including phenoxy) is 1. The Hall–Kier alpha value is -2.44. The second-order valence-electron chi connectivity index (χ2n) is 4.34. The number of non-ortho nitro benzene ring substituents is 1. The van der Waals surface area contributed by atoms with Crippen LogP contribution in [0.15, 0.2) is 29.4 Å². The van der Waals surface area contributed by atoms with Gasteiger partial charge in [-0.2, -0.15) is 0 Å². The van der Waals surface area contributed by atoms with Crippen LogP contribution in [-0.2, 0) is 14.4 Å². The van der Waals surface area contributed by atoms with Gasteiger partial charge in [0.25, 0.3) is 11.5 Å². The van der Waals surface area contributed by atoms with E-state index >= 15 is 0 Å². The summed E-state index contributed by atoms with van der Waals surface area (Å²) in [6.45, 7) is 2.86. The molecule has 0 aromatic heterocycles. The van der Waals surface area contributed by atoms with E-state index in [0.717, 1.165) is 0 Å². The van der Waals surface area contributed by atoms with Crippen molar-refractivity contribution in [2.45, 2.75) is 26.1 Å². The number of hydrogen-bond acceptors (Lipinski definition) is 6. The van der Waals surface area contributed by atoms with Gasteiger partial charge in [0.05, 0.1) is 17.1 Å². The van der Waals surface area contributed by atoms with Gasteiger partial charge in [-0.15, -0.1) is 0 Å². The molecule has 1 heterocycles. The van der Waals surface area contributed by atoms with Gasteiger partial charge in [0, 0.05) is 31.5 Å². The van der Waals surface area contributed by atoms with Gasteiger partial charge < -0.3 is 9.57 Å². The second-order valence-corrected chi connectivity index (χ2v) is 4.34. The van der Waals surface area contributed by atoms with E-state index in [0.29, 0.717) is 11.3 Å². The summed E-state index contributed by atoms with van der Waals surface area (Å²) in [6.07, 6.45) is 0.244. The van der Waals surface area contributed by atoms with Crippen molar-refractivity contribution >= 4 is 17.4 Å². The first-order chi connectivity index (χ1) is 8.89. The summed E-state index contributed by atoms with van der Waals surface area (Å²) in [5.74, 6) is -1.62. The average molecular weight is 264 g/mol. The predicted octanol–water partition coefficient (Wildman–Crippen LogP) is 2.00. The number of nitro groups is 1. The van der Waals surface area contributed by atoms with Gasteiger partial charge in [-0.3, -0.25) is 14.9 Å². The monoisotopic (exact) mass is 264 g/mol. The highest BCUT2D eigenvalue weighted by molar-refractivity contribution is 6.02. The number of carbonyl (C=O) groups excluding carboxylic acids is 1. The van der Waals surface area contributed by atoms with E-state index in [1.165, 1.54) is 19.1 Å². The summed E-state index contributed by atoms with van der Waals surface area (Å²) in [5.41, 5.74) is 1.05. The zero-order valence-electron chi connectivity index (χ0n) is 10.5. The molecule has 1 aliphatic rings. The Kier molecular flexibility index (Phi) is 3.20. The van der Waals surface area contributed by atoms with Crippen LogP contribution in [0.2, 0.25) is 0 Å². The number of oxime groups is 1. The lowest BCUT2D eigenvalue weighted by Crippen LogP contribution is -2.30. The number of benzene rings is 1. The Labute approximate surface area is 109 Å². The molecule has 100 valence electrons. The molecular weight excluding hydrogens is 252 g/mol. The van der Waals surface area contributed by atoms with Crippen LogP contribution in [0.4, 0.5) is 5.69 Å². The van der Waals surface area contributed by atoms with E-state index in [2.05, 4.69) is 5.16 Å². The number of rotatable bonds is 3. The van der Waals surface area contributed by atoms with Crippen molar-refractivity contribution in [2.75, 3.05) is 0 Å². The zero-order chi connectivity index (χ0) is 14.0. The Bertz CT molecular complexity index is 569. The SMILES string of the molecule is CC(=O)OC1(C)CC(c2cccc([N+](=O)[O-])c2)=NO1. The first kappa shape index (κ1) is 13.0. The van der Waals surface area contributed by atoms with Crippen molar-refractivity contribution in [3.63, 3.8) is 0 Å². The largest absolute Gasteiger partial charge is 0.420 e. The molecule has 1 atom stereocenters. The molecule has 0 saturated carbocycles. The minimum absolute atomic E-state index is 0.0266. The Morgan fingerprint density at radius 2 is 2.32 bits per heavy atom. The summed E-state index contributed by atoms with van der Waals surface area (Å²) >= 11 is 0. The van der Waals surface area contributed by atoms with Gasteiger partial charge in [-0.25, -0.2) is 0 Å². The average Bonchev–Trinajstić information content (AvgIpc) is 2.70. The summed E-state index contributed by atoms with van der Waals surface area (Å²) < 4.78 is 5.02. The lowest BCUT2D eigenvalue weighted by atomic mass is 10.0. The number of nitro benzene ring substituents is 1. The molecule has 0 aliphatic carbocycles. The van der Waals surface area contributed by atoms with Crippen LogP contribution in [0.25, 0.3) is 0 Å². The van der Waals surface area contributed by atoms with Gasteiger partial charge >= 0.3 is 5.97 Å². The van der Waals surface area contributed by atoms with Crippen molar-refractivity contribution in [3.8, 4) is 0 Å². The minimum atomic E-state index is -1.15. The number of nitrogens with zero attached hydrogens (tertiary/aromatic N) is 2. The van der Waals surface area contributed by atoms with Crippen molar-refractivity contribution in [1.82, 2.24) is 0 Å². The molecule has 0 amide bonds. The standard InChI is InChI=1S/C12H12N2O5/c1-8(15)18-12(2)7-11(13-19-12)9-4-3-5-10(6-9)14(16)17/h3-6H,7H2,1-2H3. The predicted molar refractivity (Wildman–Crippen MR) is 65.5 cm³/mol. The van der Waals surface area contributed by atoms with E-state index in [9.17, 15) is 14.9 Å². The van der Waals surface area contributed by atoms with Gasteiger partial charge in [0.15, 0.2) is 0 Å². The third-order valence-electron chi connectivity index (χ3n) is 2.59. The minimum Gasteiger partial charge on any atom is -0.420 e. The maximum absolute atomic E-state index is 10.9. The normalized spacial score (nSPS) is 21.5. The Morgan fingerprint density at radius 1 is 1.58 bits per heavy atom. The molecule has 0 N–H and O–H groups in total. The van der Waals surface area contributed by atoms with Crippen molar-refractivity contribution in [1.29, 1.82) is 0 Å². The molecule has 19 heavy (non-hydrogen) atoms. The molecule has 0 fully saturated rings. The molecule has 7 nitrogen and oxygen atoms in total. The quantitative estimate of drug-likeness (QED) is 0.473. The maximum atomic E-state index is 10.9. The number of esters is 1. The van der Waals surface area contributed by atoms with Crippen LogP contribution in [-0.4, -0.2) is 22.4 Å². The van der Waals surface area contributed by atoms with Crippen LogP contribution in [0.5, 0.6) is 0 Å². The zero-order valence-corrected chi connectivity index (χ0v) is 10.5. The van der Waals surface area contributed by atoms with E-state index in [4.69, 9.17) is 9.57 Å². The first-order valence-corrected chi connectivity index (χ1v) is 5.59. The second kappa shape index (κ2) is 4.68. The van der Waals surface area contributed by atoms with E-state index in [1.54, 1.807) is 19.1 Å². The number of hydrogen-bond donors (Lipinski definition) is 0. The molecule has 1 unspecified atom stereocenters. The Morgan fingerprint density at radius 3 is 2.95 bits per heavy atom. The van der Waals surface area contributed by atoms with E-state index in [1.807, 2.05) is 0 Å². The summed E-state index contributed by atoms with van der Waals surface area (Å²) in [4.78, 5) is 26.3. The molecule has 0 radical (unpaired) electrons. The molecule has 7 heteroatoms. The fourth-order valence-corrected chi connectivity index (χ4v) is 1.83. The van der Waals surface area contributed by atoms with Gasteiger partial charge in [-0.05, 0) is 0 Å². The van der Waals surface area contributed by atoms with Crippen LogP contribution in [0.3, 0.4) is 0 Å². The molecule has 1 aromatic rings. The van der Waals surface area contributed by atoms with Crippen molar-refractivity contribution in [3.05, 3.63) is 39.9 Å². The molecular formula is C12H12N2O5. The highest BCUT2D eigenvalue weighted by atomic mass is 16.8. The molecule has 0 spiro atoms. The highest BCUT2D eigenvalue weighted by Gasteiger charge is 2.38. The molecule has 0 saturated heterocycles. The van der Waals surface area contributed by atoms with Crippen LogP contribution in [0.1, 0.15) is 25.8 Å². The maximum Gasteiger partial charge on any atom is 0.305 e. The van der Waals surface area contributed by atoms with Crippen molar-refractivity contribution in [2.24, 2.45) is 5.16 Å². The van der Waals surface area contributed by atoms with Gasteiger partial charge in [0.1, 0.15) is 0 Å². The topological polar surface area (TPSA) is 91.0 Å². The van der Waals surface area contributed by atoms with Gasteiger partial charge in [0.2, 0.25) is 0 Å². The number of carbonyl (C=O) groups is 1. The van der Waals surface area contributed by atoms with Crippen LogP contribution < -0.4 is 0 Å². The fraction of sp³-hybridized carbons (Fsp3) is 0.333. The highest BCUT2D eigenvalue weighted by Crippen LogP contribution is 2.28. The van der Waals surface area contributed by atoms with Crippen LogP contribution in [0, 0.1) is 10.1 Å². The lowest BCUT2D eigenvalue weighted by molar-refractivity contribution is -0.384. The lowest BCUT2D eigenvalue weighted by Gasteiger charge is -2.20. The van der Waals surface area contributed by atoms with E-state index < -0.39 is 16.7 Å². The van der Waals surface area contributed by atoms with E-state index in [-0.39, 0.29) is 12.1 Å². The van der Waals surface area contributed by atoms with Crippen LogP contribution >= 0.6 is 0 Å². The smallest absolute Gasteiger partial charge is 0.305 e. The van der Waals surface area contributed by atoms with Crippen molar-refractivity contribution < 1.29 is 19.3 Å². The molecule has 1 aliphatic heterocycles. The first-order valence-electron chi connectivity index (χ1n) is 5.59. The summed E-state index contributed by atoms with van der Waals surface area (Å²) in [6, 6.07) is 6.05. The molecule has 0 bridgehead atoms. The molecule has 2 rings (SSSR count).